The van der Waals surface area contributed by atoms with Crippen molar-refractivity contribution in [3.05, 3.63) is 66.7 Å². The smallest absolute Gasteiger partial charge is 0.247 e. The summed E-state index contributed by atoms with van der Waals surface area (Å²) >= 11 is 0. The Morgan fingerprint density at radius 3 is 2.81 bits per heavy atom. The number of fused-ring (bicyclic) bond motifs is 2. The summed E-state index contributed by atoms with van der Waals surface area (Å²) in [4.78, 5) is 28.8. The lowest BCUT2D eigenvalue weighted by molar-refractivity contribution is -0.117. The molecule has 3 atom stereocenters. The second-order valence-corrected chi connectivity index (χ2v) is 8.59. The van der Waals surface area contributed by atoms with Crippen molar-refractivity contribution in [1.82, 2.24) is 24.6 Å². The van der Waals surface area contributed by atoms with E-state index < -0.39 is 0 Å². The summed E-state index contributed by atoms with van der Waals surface area (Å²) in [5.74, 6) is 1.77. The summed E-state index contributed by atoms with van der Waals surface area (Å²) in [7, 11) is 0. The van der Waals surface area contributed by atoms with Gasteiger partial charge in [0.15, 0.2) is 5.82 Å². The van der Waals surface area contributed by atoms with Gasteiger partial charge in [-0.1, -0.05) is 6.07 Å². The molecule has 2 fully saturated rings. The number of carbonyl (C=O) groups is 1. The molecule has 32 heavy (non-hydrogen) atoms. The maximum atomic E-state index is 13.3. The molecule has 1 saturated carbocycles. The molecule has 0 radical (unpaired) electrons. The molecule has 1 amide bonds. The first-order chi connectivity index (χ1) is 15.7. The van der Waals surface area contributed by atoms with E-state index in [9.17, 15) is 4.79 Å². The molecular formula is C24H25N7O. The first-order valence-corrected chi connectivity index (χ1v) is 10.9. The fourth-order valence-corrected chi connectivity index (χ4v) is 4.89. The molecule has 6 rings (SSSR count). The SMILES string of the molecule is Cc1ccc(NC(=O)[C@H]2CC3CCC3N2c2ncccn2)cc1-c1ncc2cccn2n1.[HH]. The van der Waals surface area contributed by atoms with Crippen LogP contribution < -0.4 is 10.2 Å². The normalized spacial score (nSPS) is 21.9. The molecule has 1 aliphatic carbocycles. The van der Waals surface area contributed by atoms with Gasteiger partial charge in [0.25, 0.3) is 0 Å². The van der Waals surface area contributed by atoms with Crippen LogP contribution in [0.2, 0.25) is 0 Å². The fraction of sp³-hybridized carbons (Fsp3) is 0.292. The van der Waals surface area contributed by atoms with Crippen LogP contribution in [0.4, 0.5) is 11.6 Å². The third kappa shape index (κ3) is 3.10. The largest absolute Gasteiger partial charge is 0.326 e. The van der Waals surface area contributed by atoms with Crippen LogP contribution in [0, 0.1) is 12.8 Å². The van der Waals surface area contributed by atoms with Crippen molar-refractivity contribution in [3.63, 3.8) is 0 Å². The summed E-state index contributed by atoms with van der Waals surface area (Å²) in [6, 6.07) is 11.6. The van der Waals surface area contributed by atoms with Gasteiger partial charge >= 0.3 is 0 Å². The maximum Gasteiger partial charge on any atom is 0.247 e. The molecule has 1 saturated heterocycles. The summed E-state index contributed by atoms with van der Waals surface area (Å²) in [5.41, 5.74) is 3.62. The number of anilines is 2. The van der Waals surface area contributed by atoms with Gasteiger partial charge in [-0.15, -0.1) is 5.10 Å². The minimum atomic E-state index is -0.271. The number of hydrogen-bond acceptors (Lipinski definition) is 6. The summed E-state index contributed by atoms with van der Waals surface area (Å²) in [6.07, 6.45) is 10.2. The Labute approximate surface area is 186 Å². The van der Waals surface area contributed by atoms with E-state index >= 15 is 0 Å². The highest BCUT2D eigenvalue weighted by Gasteiger charge is 2.50. The minimum absolute atomic E-state index is 0. The first kappa shape index (κ1) is 18.9. The second kappa shape index (κ2) is 7.40. The number of aryl methyl sites for hydroxylation is 1. The zero-order valence-electron chi connectivity index (χ0n) is 17.7. The molecule has 4 heterocycles. The Bertz CT molecular complexity index is 1310. The molecule has 1 aliphatic heterocycles. The molecule has 1 aromatic carbocycles. The average Bonchev–Trinajstić information content (AvgIpc) is 3.37. The predicted octanol–water partition coefficient (Wildman–Crippen LogP) is 3.74. The number of rotatable bonds is 4. The van der Waals surface area contributed by atoms with E-state index in [1.807, 2.05) is 43.5 Å². The Balaban J connectivity index is 0.00000228. The van der Waals surface area contributed by atoms with Gasteiger partial charge in [-0.25, -0.2) is 19.5 Å². The topological polar surface area (TPSA) is 88.3 Å². The van der Waals surface area contributed by atoms with Gasteiger partial charge in [-0.2, -0.15) is 0 Å². The van der Waals surface area contributed by atoms with Crippen LogP contribution in [0.15, 0.2) is 61.2 Å². The summed E-state index contributed by atoms with van der Waals surface area (Å²) < 4.78 is 1.80. The second-order valence-electron chi connectivity index (χ2n) is 8.59. The van der Waals surface area contributed by atoms with E-state index in [1.54, 1.807) is 29.2 Å². The zero-order valence-corrected chi connectivity index (χ0v) is 17.7. The van der Waals surface area contributed by atoms with Gasteiger partial charge in [-0.05, 0) is 68.0 Å². The van der Waals surface area contributed by atoms with Crippen LogP contribution in [-0.4, -0.2) is 42.6 Å². The van der Waals surface area contributed by atoms with E-state index in [-0.39, 0.29) is 13.4 Å². The van der Waals surface area contributed by atoms with Gasteiger partial charge in [0.1, 0.15) is 6.04 Å². The zero-order chi connectivity index (χ0) is 21.7. The predicted molar refractivity (Wildman–Crippen MR) is 123 cm³/mol. The highest BCUT2D eigenvalue weighted by atomic mass is 16.2. The third-order valence-corrected chi connectivity index (χ3v) is 6.71. The molecule has 2 unspecified atom stereocenters. The first-order valence-electron chi connectivity index (χ1n) is 10.9. The molecular weight excluding hydrogens is 402 g/mol. The molecule has 8 heteroatoms. The van der Waals surface area contributed by atoms with Crippen molar-refractivity contribution < 1.29 is 6.22 Å². The Morgan fingerprint density at radius 2 is 2.00 bits per heavy atom. The molecule has 4 aromatic rings. The lowest BCUT2D eigenvalue weighted by Gasteiger charge is -2.36. The maximum absolute atomic E-state index is 13.3. The molecule has 0 bridgehead atoms. The van der Waals surface area contributed by atoms with Crippen molar-refractivity contribution in [3.8, 4) is 11.4 Å². The van der Waals surface area contributed by atoms with Crippen molar-refractivity contribution >= 4 is 23.1 Å². The highest BCUT2D eigenvalue weighted by molar-refractivity contribution is 5.97. The molecule has 0 spiro atoms. The lowest BCUT2D eigenvalue weighted by atomic mass is 9.80. The molecule has 2 aliphatic rings. The van der Waals surface area contributed by atoms with Crippen LogP contribution in [0.5, 0.6) is 0 Å². The van der Waals surface area contributed by atoms with Gasteiger partial charge in [-0.3, -0.25) is 4.79 Å². The van der Waals surface area contributed by atoms with E-state index in [4.69, 9.17) is 0 Å². The van der Waals surface area contributed by atoms with Crippen LogP contribution in [-0.2, 0) is 4.79 Å². The van der Waals surface area contributed by atoms with Crippen LogP contribution in [0.25, 0.3) is 16.9 Å². The number of nitrogens with one attached hydrogen (secondary N) is 1. The summed E-state index contributed by atoms with van der Waals surface area (Å²) in [6.45, 7) is 2.02. The van der Waals surface area contributed by atoms with Gasteiger partial charge in [0, 0.05) is 37.3 Å². The van der Waals surface area contributed by atoms with E-state index in [0.717, 1.165) is 41.6 Å². The number of amides is 1. The van der Waals surface area contributed by atoms with E-state index in [2.05, 4.69) is 30.3 Å². The van der Waals surface area contributed by atoms with Gasteiger partial charge in [0.05, 0.1) is 11.7 Å². The third-order valence-electron chi connectivity index (χ3n) is 6.71. The lowest BCUT2D eigenvalue weighted by Crippen LogP contribution is -2.47. The van der Waals surface area contributed by atoms with Crippen molar-refractivity contribution in [2.75, 3.05) is 10.2 Å². The Kier molecular flexibility index (Phi) is 4.38. The van der Waals surface area contributed by atoms with E-state index in [1.165, 1.54) is 0 Å². The minimum Gasteiger partial charge on any atom is -0.326 e. The van der Waals surface area contributed by atoms with Crippen LogP contribution in [0.1, 0.15) is 26.3 Å². The number of nitrogens with zero attached hydrogens (tertiary/aromatic N) is 6. The summed E-state index contributed by atoms with van der Waals surface area (Å²) in [5, 5.41) is 7.74. The number of aromatic nitrogens is 5. The van der Waals surface area contributed by atoms with Gasteiger partial charge in [0.2, 0.25) is 11.9 Å². The van der Waals surface area contributed by atoms with Crippen LogP contribution >= 0.6 is 0 Å². The monoisotopic (exact) mass is 427 g/mol. The average molecular weight is 428 g/mol. The number of hydrogen-bond donors (Lipinski definition) is 1. The number of benzene rings is 1. The Morgan fingerprint density at radius 1 is 1.12 bits per heavy atom. The standard InChI is InChI=1S/C24H23N7O.H2/c1-15-5-7-17(13-19(15)22-27-14-18-4-2-11-30(18)29-22)28-23(32)21-12-16-6-8-20(16)31(21)24-25-9-3-10-26-24;/h2-5,7,9-11,13-14,16,20-21H,6,8,12H2,1H3,(H,28,32);1H/t16?,20?,21-;/m1./s1. The fourth-order valence-electron chi connectivity index (χ4n) is 4.89. The van der Waals surface area contributed by atoms with Gasteiger partial charge < -0.3 is 10.2 Å². The Hall–Kier alpha value is -3.81. The van der Waals surface area contributed by atoms with Crippen molar-refractivity contribution in [2.45, 2.75) is 38.3 Å². The molecule has 162 valence electrons. The highest BCUT2D eigenvalue weighted by Crippen LogP contribution is 2.45. The van der Waals surface area contributed by atoms with Crippen molar-refractivity contribution in [1.29, 1.82) is 0 Å². The molecule has 1 N–H and O–H groups in total. The van der Waals surface area contributed by atoms with E-state index in [0.29, 0.717) is 23.7 Å². The molecule has 3 aromatic heterocycles. The van der Waals surface area contributed by atoms with Crippen molar-refractivity contribution in [2.24, 2.45) is 5.92 Å². The molecule has 8 nitrogen and oxygen atoms in total. The quantitative estimate of drug-likeness (QED) is 0.534. The number of carbonyl (C=O) groups excluding carboxylic acids is 1. The van der Waals surface area contributed by atoms with Crippen LogP contribution in [0.3, 0.4) is 0 Å².